The monoisotopic (exact) mass is 200 g/mol. The van der Waals surface area contributed by atoms with Crippen molar-refractivity contribution in [2.24, 2.45) is 11.7 Å². The van der Waals surface area contributed by atoms with E-state index in [0.717, 1.165) is 25.4 Å². The van der Waals surface area contributed by atoms with Crippen molar-refractivity contribution in [3.63, 3.8) is 0 Å². The highest BCUT2D eigenvalue weighted by Gasteiger charge is 2.28. The van der Waals surface area contributed by atoms with Crippen LogP contribution >= 0.6 is 0 Å². The summed E-state index contributed by atoms with van der Waals surface area (Å²) in [6.07, 6.45) is 3.85. The standard InChI is InChI=1S/C11H24N2O/c1-3-6-13(7-10-4-5-10)11(8-14)9(2)12/h9-11,14H,3-8,12H2,1-2H3. The SMILES string of the molecule is CCCN(CC1CC1)C(CO)C(C)N. The molecular weight excluding hydrogens is 176 g/mol. The Hall–Kier alpha value is -0.120. The second-order valence-electron chi connectivity index (χ2n) is 4.55. The molecule has 0 aromatic carbocycles. The Bertz CT molecular complexity index is 157. The predicted molar refractivity (Wildman–Crippen MR) is 59.1 cm³/mol. The van der Waals surface area contributed by atoms with Gasteiger partial charge in [-0.1, -0.05) is 6.92 Å². The summed E-state index contributed by atoms with van der Waals surface area (Å²) in [5.41, 5.74) is 5.87. The first-order valence-corrected chi connectivity index (χ1v) is 5.79. The average Bonchev–Trinajstić information content (AvgIpc) is 2.89. The summed E-state index contributed by atoms with van der Waals surface area (Å²) in [5.74, 6) is 0.870. The van der Waals surface area contributed by atoms with Crippen LogP contribution in [0.15, 0.2) is 0 Å². The van der Waals surface area contributed by atoms with E-state index in [4.69, 9.17) is 5.73 Å². The van der Waals surface area contributed by atoms with Crippen molar-refractivity contribution in [1.29, 1.82) is 0 Å². The highest BCUT2D eigenvalue weighted by Crippen LogP contribution is 2.30. The van der Waals surface area contributed by atoms with Gasteiger partial charge in [0.05, 0.1) is 6.61 Å². The zero-order chi connectivity index (χ0) is 10.6. The molecule has 14 heavy (non-hydrogen) atoms. The van der Waals surface area contributed by atoms with Crippen molar-refractivity contribution in [3.8, 4) is 0 Å². The Balaban J connectivity index is 2.43. The summed E-state index contributed by atoms with van der Waals surface area (Å²) >= 11 is 0. The van der Waals surface area contributed by atoms with Gasteiger partial charge in [-0.2, -0.15) is 0 Å². The third-order valence-electron chi connectivity index (χ3n) is 2.96. The molecule has 0 saturated heterocycles. The summed E-state index contributed by atoms with van der Waals surface area (Å²) in [6, 6.07) is 0.209. The Morgan fingerprint density at radius 1 is 1.50 bits per heavy atom. The molecule has 0 spiro atoms. The minimum absolute atomic E-state index is 0.0605. The first-order valence-electron chi connectivity index (χ1n) is 5.79. The molecular formula is C11H24N2O. The molecule has 84 valence electrons. The molecule has 2 atom stereocenters. The van der Waals surface area contributed by atoms with E-state index in [9.17, 15) is 5.11 Å². The van der Waals surface area contributed by atoms with Crippen molar-refractivity contribution in [2.45, 2.75) is 45.2 Å². The molecule has 0 amide bonds. The van der Waals surface area contributed by atoms with E-state index in [-0.39, 0.29) is 18.7 Å². The van der Waals surface area contributed by atoms with Gasteiger partial charge in [0.1, 0.15) is 0 Å². The predicted octanol–water partition coefficient (Wildman–Crippen LogP) is 0.817. The Kier molecular flexibility index (Phi) is 4.85. The fourth-order valence-corrected chi connectivity index (χ4v) is 1.93. The second-order valence-corrected chi connectivity index (χ2v) is 4.55. The number of hydrogen-bond acceptors (Lipinski definition) is 3. The van der Waals surface area contributed by atoms with Gasteiger partial charge < -0.3 is 10.8 Å². The molecule has 0 aromatic rings. The van der Waals surface area contributed by atoms with Gasteiger partial charge in [-0.05, 0) is 38.6 Å². The molecule has 3 nitrogen and oxygen atoms in total. The lowest BCUT2D eigenvalue weighted by Crippen LogP contribution is -2.49. The minimum atomic E-state index is 0.0605. The maximum atomic E-state index is 9.31. The van der Waals surface area contributed by atoms with Crippen LogP contribution in [0.4, 0.5) is 0 Å². The summed E-state index contributed by atoms with van der Waals surface area (Å²) in [5, 5.41) is 9.31. The van der Waals surface area contributed by atoms with Crippen LogP contribution < -0.4 is 5.73 Å². The van der Waals surface area contributed by atoms with Crippen LogP contribution in [0.25, 0.3) is 0 Å². The summed E-state index contributed by atoms with van der Waals surface area (Å²) in [7, 11) is 0. The van der Waals surface area contributed by atoms with E-state index >= 15 is 0 Å². The van der Waals surface area contributed by atoms with Crippen LogP contribution in [0.3, 0.4) is 0 Å². The topological polar surface area (TPSA) is 49.5 Å². The summed E-state index contributed by atoms with van der Waals surface area (Å²) in [6.45, 7) is 6.53. The summed E-state index contributed by atoms with van der Waals surface area (Å²) < 4.78 is 0. The van der Waals surface area contributed by atoms with E-state index < -0.39 is 0 Å². The highest BCUT2D eigenvalue weighted by molar-refractivity contribution is 4.84. The molecule has 0 bridgehead atoms. The fourth-order valence-electron chi connectivity index (χ4n) is 1.93. The van der Waals surface area contributed by atoms with E-state index in [1.165, 1.54) is 12.8 Å². The van der Waals surface area contributed by atoms with E-state index in [1.54, 1.807) is 0 Å². The third kappa shape index (κ3) is 3.56. The van der Waals surface area contributed by atoms with Gasteiger partial charge in [0.2, 0.25) is 0 Å². The normalized spacial score (nSPS) is 21.2. The quantitative estimate of drug-likeness (QED) is 0.639. The van der Waals surface area contributed by atoms with E-state index in [2.05, 4.69) is 11.8 Å². The second kappa shape index (κ2) is 5.69. The number of nitrogens with zero attached hydrogens (tertiary/aromatic N) is 1. The lowest BCUT2D eigenvalue weighted by atomic mass is 10.1. The van der Waals surface area contributed by atoms with Crippen molar-refractivity contribution in [2.75, 3.05) is 19.7 Å². The Labute approximate surface area is 87.3 Å². The van der Waals surface area contributed by atoms with Gasteiger partial charge in [-0.25, -0.2) is 0 Å². The number of aliphatic hydroxyl groups is 1. The van der Waals surface area contributed by atoms with Crippen LogP contribution in [0.1, 0.15) is 33.1 Å². The Morgan fingerprint density at radius 2 is 2.14 bits per heavy atom. The van der Waals surface area contributed by atoms with Crippen LogP contribution in [0.5, 0.6) is 0 Å². The molecule has 0 aromatic heterocycles. The molecule has 1 aliphatic rings. The highest BCUT2D eigenvalue weighted by atomic mass is 16.3. The molecule has 3 N–H and O–H groups in total. The fraction of sp³-hybridized carbons (Fsp3) is 1.00. The first-order chi connectivity index (χ1) is 6.69. The molecule has 2 unspecified atom stereocenters. The van der Waals surface area contributed by atoms with Crippen LogP contribution in [-0.2, 0) is 0 Å². The van der Waals surface area contributed by atoms with Crippen molar-refractivity contribution in [1.82, 2.24) is 4.90 Å². The number of hydrogen-bond donors (Lipinski definition) is 2. The van der Waals surface area contributed by atoms with Crippen LogP contribution in [0, 0.1) is 5.92 Å². The lowest BCUT2D eigenvalue weighted by Gasteiger charge is -2.32. The molecule has 0 heterocycles. The van der Waals surface area contributed by atoms with Gasteiger partial charge in [-0.15, -0.1) is 0 Å². The van der Waals surface area contributed by atoms with Crippen LogP contribution in [-0.4, -0.2) is 41.8 Å². The molecule has 0 radical (unpaired) electrons. The molecule has 1 saturated carbocycles. The number of aliphatic hydroxyl groups excluding tert-OH is 1. The number of nitrogens with two attached hydrogens (primary N) is 1. The number of rotatable bonds is 7. The van der Waals surface area contributed by atoms with E-state index in [0.29, 0.717) is 0 Å². The van der Waals surface area contributed by atoms with Gasteiger partial charge >= 0.3 is 0 Å². The average molecular weight is 200 g/mol. The largest absolute Gasteiger partial charge is 0.395 e. The van der Waals surface area contributed by atoms with Crippen molar-refractivity contribution < 1.29 is 5.11 Å². The van der Waals surface area contributed by atoms with Crippen molar-refractivity contribution in [3.05, 3.63) is 0 Å². The van der Waals surface area contributed by atoms with Gasteiger partial charge in [0.15, 0.2) is 0 Å². The zero-order valence-corrected chi connectivity index (χ0v) is 9.45. The lowest BCUT2D eigenvalue weighted by molar-refractivity contribution is 0.103. The third-order valence-corrected chi connectivity index (χ3v) is 2.96. The zero-order valence-electron chi connectivity index (χ0n) is 9.45. The van der Waals surface area contributed by atoms with Gasteiger partial charge in [-0.3, -0.25) is 4.90 Å². The smallest absolute Gasteiger partial charge is 0.0601 e. The maximum Gasteiger partial charge on any atom is 0.0601 e. The Morgan fingerprint density at radius 3 is 2.50 bits per heavy atom. The maximum absolute atomic E-state index is 9.31. The molecule has 3 heteroatoms. The molecule has 1 aliphatic carbocycles. The van der Waals surface area contributed by atoms with Gasteiger partial charge in [0, 0.05) is 18.6 Å². The minimum Gasteiger partial charge on any atom is -0.395 e. The van der Waals surface area contributed by atoms with Crippen LogP contribution in [0.2, 0.25) is 0 Å². The summed E-state index contributed by atoms with van der Waals surface area (Å²) in [4.78, 5) is 2.36. The van der Waals surface area contributed by atoms with Gasteiger partial charge in [0.25, 0.3) is 0 Å². The first kappa shape index (κ1) is 12.0. The molecule has 1 rings (SSSR count). The van der Waals surface area contributed by atoms with E-state index in [1.807, 2.05) is 6.92 Å². The molecule has 1 fully saturated rings. The van der Waals surface area contributed by atoms with Crippen molar-refractivity contribution >= 4 is 0 Å². The molecule has 0 aliphatic heterocycles.